The number of hydrogen-bond acceptors (Lipinski definition) is 28. The minimum atomic E-state index is -3.24. The number of aromatic carboxylic acids is 1. The molecule has 38 heteroatoms. The predicted octanol–water partition coefficient (Wildman–Crippen LogP) is 11.9. The lowest BCUT2D eigenvalue weighted by atomic mass is 9.90. The maximum Gasteiger partial charge on any atom is 0.335 e. The Morgan fingerprint density at radius 2 is 0.644 bits per heavy atom. The van der Waals surface area contributed by atoms with Crippen LogP contribution in [0.1, 0.15) is 142 Å². The molecule has 3 saturated carbocycles. The van der Waals surface area contributed by atoms with Crippen LogP contribution in [0.4, 0.5) is 17.5 Å². The van der Waals surface area contributed by atoms with Crippen molar-refractivity contribution in [3.63, 3.8) is 0 Å². The summed E-state index contributed by atoms with van der Waals surface area (Å²) in [4.78, 5) is 91.6. The van der Waals surface area contributed by atoms with E-state index in [4.69, 9.17) is 82.1 Å². The number of likely N-dealkylation sites (N-methyl/N-ethyl adjacent to an activating group) is 3. The Hall–Kier alpha value is -13.2. The molecule has 698 valence electrons. The second kappa shape index (κ2) is 44.6. The summed E-state index contributed by atoms with van der Waals surface area (Å²) in [7, 11) is 3.36. The number of benzene rings is 6. The number of nitrogens with two attached hydrogens (primary N) is 4. The van der Waals surface area contributed by atoms with E-state index in [1.807, 2.05) is 97.1 Å². The molecule has 3 aliphatic carbocycles. The number of nitrogens with zero attached hydrogens (tertiary/aromatic N) is 18. The van der Waals surface area contributed by atoms with Crippen molar-refractivity contribution in [2.24, 2.45) is 5.73 Å². The molecule has 3 aliphatic heterocycles. The topological polar surface area (TPSA) is 494 Å². The fourth-order valence-electron chi connectivity index (χ4n) is 17.7. The number of primary amides is 1. The molecule has 13 N–H and O–H groups in total. The highest BCUT2D eigenvalue weighted by atomic mass is 32.2. The summed E-state index contributed by atoms with van der Waals surface area (Å²) < 4.78 is 49.2. The van der Waals surface area contributed by atoms with Crippen LogP contribution in [0.25, 0.3) is 66.9 Å². The van der Waals surface area contributed by atoms with Crippen molar-refractivity contribution in [1.82, 2.24) is 93.4 Å². The van der Waals surface area contributed by atoms with Gasteiger partial charge in [0.1, 0.15) is 88.0 Å². The molecule has 6 aromatic carbocycles. The number of nitrogens with one attached hydrogen (secondary N) is 1. The first-order chi connectivity index (χ1) is 63.3. The van der Waals surface area contributed by atoms with Crippen molar-refractivity contribution >= 4 is 90.4 Å². The lowest BCUT2D eigenvalue weighted by Crippen LogP contribution is -2.49. The van der Waals surface area contributed by atoms with E-state index in [-0.39, 0.29) is 30.2 Å². The lowest BCUT2D eigenvalue weighted by Gasteiger charge is -2.41. The van der Waals surface area contributed by atoms with E-state index in [1.54, 1.807) is 36.4 Å². The molecular formula is C94H117N23O14S. The highest BCUT2D eigenvalue weighted by molar-refractivity contribution is 7.88. The molecule has 0 bridgehead atoms. The predicted molar refractivity (Wildman–Crippen MR) is 503 cm³/mol. The monoisotopic (exact) mass is 1820 g/mol. The van der Waals surface area contributed by atoms with Gasteiger partial charge in [-0.1, -0.05) is 24.3 Å². The van der Waals surface area contributed by atoms with Gasteiger partial charge in [0.2, 0.25) is 15.9 Å². The molecule has 132 heavy (non-hydrogen) atoms. The third-order valence-electron chi connectivity index (χ3n) is 24.5. The number of carbonyl (C=O) groups is 5. The summed E-state index contributed by atoms with van der Waals surface area (Å²) in [6, 6.07) is 46.2. The number of nitrogen functional groups attached to an aromatic ring is 3. The molecule has 0 atom stereocenters. The van der Waals surface area contributed by atoms with Gasteiger partial charge in [0, 0.05) is 146 Å². The van der Waals surface area contributed by atoms with E-state index in [2.05, 4.69) is 99.2 Å². The minimum Gasteiger partial charge on any atom is -0.481 e. The Labute approximate surface area is 765 Å². The molecular weight excluding hydrogens is 1710 g/mol. The lowest BCUT2D eigenvalue weighted by molar-refractivity contribution is -0.135. The number of ether oxygens (including phenoxy) is 3. The van der Waals surface area contributed by atoms with Gasteiger partial charge in [0.15, 0.2) is 16.9 Å². The fourth-order valence-corrected chi connectivity index (χ4v) is 18.1. The Kier molecular flexibility index (Phi) is 32.6. The van der Waals surface area contributed by atoms with E-state index in [9.17, 15) is 23.1 Å². The third-order valence-corrected chi connectivity index (χ3v) is 25.2. The first-order valence-electron chi connectivity index (χ1n) is 44.3. The number of carboxylic acids is 4. The molecule has 12 aromatic rings. The van der Waals surface area contributed by atoms with E-state index in [1.165, 1.54) is 31.1 Å². The van der Waals surface area contributed by atoms with E-state index in [0.29, 0.717) is 75.6 Å². The Bertz CT molecular complexity index is 5770. The van der Waals surface area contributed by atoms with Gasteiger partial charge in [-0.15, -0.1) is 0 Å². The number of hydrogen-bond donors (Lipinski definition) is 9. The van der Waals surface area contributed by atoms with Crippen LogP contribution in [-0.2, 0) is 31.0 Å². The maximum atomic E-state index is 11.5. The first-order valence-corrected chi connectivity index (χ1v) is 46.2. The molecule has 6 aliphatic rings. The van der Waals surface area contributed by atoms with Crippen LogP contribution in [0.3, 0.4) is 0 Å². The summed E-state index contributed by atoms with van der Waals surface area (Å²) in [6.45, 7) is 17.2. The number of aliphatic carboxylic acids is 3. The van der Waals surface area contributed by atoms with Crippen LogP contribution in [-0.4, -0.2) is 271 Å². The molecule has 3 saturated heterocycles. The summed E-state index contributed by atoms with van der Waals surface area (Å²) in [5, 5.41) is 49.0. The number of fused-ring (bicyclic) bond motifs is 3. The molecule has 0 unspecified atom stereocenters. The van der Waals surface area contributed by atoms with Crippen LogP contribution in [0.15, 0.2) is 165 Å². The summed E-state index contributed by atoms with van der Waals surface area (Å²) >= 11 is 0. The number of amides is 1. The van der Waals surface area contributed by atoms with Gasteiger partial charge in [0.25, 0.3) is 17.9 Å². The summed E-state index contributed by atoms with van der Waals surface area (Å²) in [5.74, 6) is 0.846. The van der Waals surface area contributed by atoms with Crippen LogP contribution in [0, 0.1) is 0 Å². The molecule has 0 spiro atoms. The third kappa shape index (κ3) is 25.7. The van der Waals surface area contributed by atoms with Gasteiger partial charge in [-0.25, -0.2) is 61.9 Å². The van der Waals surface area contributed by atoms with Crippen LogP contribution < -0.4 is 41.9 Å². The van der Waals surface area contributed by atoms with Gasteiger partial charge in [-0.2, -0.15) is 15.3 Å². The molecule has 9 heterocycles. The highest BCUT2D eigenvalue weighted by Gasteiger charge is 2.35. The highest BCUT2D eigenvalue weighted by Crippen LogP contribution is 2.43. The zero-order valence-electron chi connectivity index (χ0n) is 75.4. The zero-order valence-corrected chi connectivity index (χ0v) is 76.2. The second-order valence-corrected chi connectivity index (χ2v) is 35.9. The molecule has 6 fully saturated rings. The van der Waals surface area contributed by atoms with Crippen molar-refractivity contribution in [3.8, 4) is 68.3 Å². The van der Waals surface area contributed by atoms with E-state index in [0.717, 1.165) is 255 Å². The Balaban J connectivity index is 0.000000158. The minimum absolute atomic E-state index is 0.175. The van der Waals surface area contributed by atoms with E-state index < -0.39 is 39.8 Å². The molecule has 1 amide bonds. The second-order valence-electron chi connectivity index (χ2n) is 34.1. The van der Waals surface area contributed by atoms with Crippen molar-refractivity contribution in [2.75, 3.05) is 123 Å². The SMILES string of the molecule is CC(=O)O.CC(=O)O.CC(=O)O.CN1CCN(C2CCC(n3nc(-c4ccc(Oc5ccc(CNS(C)(=O)=O)cc5)cc4)c4c(N)ncnc43)CC2)CC1.CN1CCN(C2CCC(n3nc(-c4ccc(Oc5cccc(C(=O)O)c5)cc4)c4c(N)ncnc43)CC2)CC1.CN1CCN(C2CCC(n3nc(-c4ccc(Oc5cccc(C(N)=O)c5)cc4)c4c(N)ncnc43)CC2)CC1. The number of rotatable bonds is 20. The van der Waals surface area contributed by atoms with Gasteiger partial charge < -0.3 is 72.3 Å². The van der Waals surface area contributed by atoms with Crippen molar-refractivity contribution < 1.29 is 67.0 Å². The number of sulfonamides is 1. The number of anilines is 3. The summed E-state index contributed by atoms with van der Waals surface area (Å²) in [5.41, 5.74) is 33.2. The fraction of sp³-hybridized carbons (Fsp3) is 0.404. The molecule has 37 nitrogen and oxygen atoms in total. The van der Waals surface area contributed by atoms with Gasteiger partial charge in [-0.3, -0.25) is 33.9 Å². The number of carbonyl (C=O) groups excluding carboxylic acids is 1. The Morgan fingerprint density at radius 1 is 0.379 bits per heavy atom. The average Bonchev–Trinajstić information content (AvgIpc) is 1.62. The average molecular weight is 1830 g/mol. The quantitative estimate of drug-likeness (QED) is 0.0342. The van der Waals surface area contributed by atoms with Crippen molar-refractivity contribution in [3.05, 3.63) is 181 Å². The largest absolute Gasteiger partial charge is 0.481 e. The Morgan fingerprint density at radius 3 is 0.924 bits per heavy atom. The standard InChI is InChI=1S/C30H38N8O3S.C29H34N8O2.C29H33N7O3.3C2H4O2/c1-36-15-17-37(18-16-36)23-7-9-24(10-8-23)38-30-27(29(31)32-20-33-30)28(35-38)22-5-13-26(14-6-22)41-25-11-3-21(4-12-25)19-34-42(2,39)40;1-35-13-15-36(16-14-35)21-7-9-22(10-8-21)37-29-25(27(30)32-18-33-29)26(34-37)19-5-11-23(12-6-19)39-24-4-2-3-20(17-24)28(31)38;1-34-13-15-35(16-14-34)21-7-9-22(10-8-21)36-28-25(27(30)31-18-32-28)26(33-36)19-5-11-23(12-6-19)39-24-4-2-3-20(17-24)29(37)38;3*1-2(3)4/h3-6,11-14,20,23-24,34H,7-10,15-19H2,1-2H3,(H2,31,32,33);2-6,11-12,17-18,21-22H,7-10,13-16H2,1H3,(H2,31,38)(H2,30,32,33);2-6,11-12,17-18,21-22H,7-10,13-16H2,1H3,(H,37,38)(H2,30,31,32);3*1H3,(H,3,4). The van der Waals surface area contributed by atoms with Crippen LogP contribution >= 0.6 is 0 Å². The van der Waals surface area contributed by atoms with Crippen LogP contribution in [0.5, 0.6) is 34.5 Å². The zero-order chi connectivity index (χ0) is 93.9. The maximum absolute atomic E-state index is 11.5. The molecule has 0 radical (unpaired) electrons. The smallest absolute Gasteiger partial charge is 0.335 e. The number of aromatic nitrogens is 12. The van der Waals surface area contributed by atoms with E-state index >= 15 is 0 Å². The van der Waals surface area contributed by atoms with Gasteiger partial charge in [0.05, 0.1) is 46.1 Å². The molecule has 18 rings (SSSR count). The number of carboxylic acid groups (broad SMARTS) is 4. The normalized spacial score (nSPS) is 19.4. The molecule has 6 aromatic heterocycles. The van der Waals surface area contributed by atoms with Crippen LogP contribution in [0.2, 0.25) is 0 Å². The van der Waals surface area contributed by atoms with Crippen molar-refractivity contribution in [2.45, 2.75) is 141 Å². The first kappa shape index (κ1) is 96.3. The van der Waals surface area contributed by atoms with Crippen molar-refractivity contribution in [1.29, 1.82) is 0 Å². The van der Waals surface area contributed by atoms with Gasteiger partial charge >= 0.3 is 5.97 Å². The summed E-state index contributed by atoms with van der Waals surface area (Å²) in [6.07, 6.45) is 19.0. The number of piperazine rings is 3. The van der Waals surface area contributed by atoms with Gasteiger partial charge in [-0.05, 0) is 225 Å².